The summed E-state index contributed by atoms with van der Waals surface area (Å²) in [6.45, 7) is 4.06. The van der Waals surface area contributed by atoms with Crippen LogP contribution in [-0.4, -0.2) is 49.1 Å². The average Bonchev–Trinajstić information content (AvgIpc) is 3.07. The molecule has 0 spiro atoms. The van der Waals surface area contributed by atoms with Crippen molar-refractivity contribution in [2.24, 2.45) is 0 Å². The number of fused-ring (bicyclic) bond motifs is 1. The number of aromatic nitrogens is 1. The standard InChI is InChI=1S/C23H26FN3O4/c1-14-8-9-19(24)22-21(14)18(15(2)26-22)10-11-25-20(28)13-30-16-6-5-7-17(12-16)31-23(29)27(3)4/h5-9,12,26H,10-11,13H2,1-4H3,(H,25,28). The number of nitrogens with one attached hydrogen (secondary N) is 2. The quantitative estimate of drug-likeness (QED) is 0.602. The summed E-state index contributed by atoms with van der Waals surface area (Å²) in [5, 5.41) is 3.68. The molecule has 2 N–H and O–H groups in total. The van der Waals surface area contributed by atoms with Crippen molar-refractivity contribution in [2.45, 2.75) is 20.3 Å². The molecule has 1 aromatic heterocycles. The molecule has 1 heterocycles. The Morgan fingerprint density at radius 2 is 1.87 bits per heavy atom. The van der Waals surface area contributed by atoms with Crippen molar-refractivity contribution in [1.82, 2.24) is 15.2 Å². The van der Waals surface area contributed by atoms with E-state index in [-0.39, 0.29) is 18.3 Å². The van der Waals surface area contributed by atoms with Gasteiger partial charge in [0.25, 0.3) is 5.91 Å². The van der Waals surface area contributed by atoms with E-state index in [0.29, 0.717) is 30.0 Å². The topological polar surface area (TPSA) is 83.7 Å². The van der Waals surface area contributed by atoms with Crippen LogP contribution in [0.15, 0.2) is 36.4 Å². The van der Waals surface area contributed by atoms with E-state index in [2.05, 4.69) is 10.3 Å². The first-order valence-corrected chi connectivity index (χ1v) is 9.91. The van der Waals surface area contributed by atoms with Crippen LogP contribution < -0.4 is 14.8 Å². The van der Waals surface area contributed by atoms with E-state index in [1.807, 2.05) is 13.8 Å². The van der Waals surface area contributed by atoms with Gasteiger partial charge < -0.3 is 24.7 Å². The summed E-state index contributed by atoms with van der Waals surface area (Å²) < 4.78 is 24.7. The summed E-state index contributed by atoms with van der Waals surface area (Å²) in [6, 6.07) is 9.72. The van der Waals surface area contributed by atoms with Crippen molar-refractivity contribution in [3.05, 3.63) is 59.0 Å². The molecule has 0 aliphatic carbocycles. The highest BCUT2D eigenvalue weighted by atomic mass is 19.1. The molecule has 0 atom stereocenters. The Morgan fingerprint density at radius 1 is 1.13 bits per heavy atom. The lowest BCUT2D eigenvalue weighted by Crippen LogP contribution is -2.30. The minimum atomic E-state index is -0.502. The van der Waals surface area contributed by atoms with Gasteiger partial charge in [0.15, 0.2) is 6.61 Å². The lowest BCUT2D eigenvalue weighted by Gasteiger charge is -2.12. The van der Waals surface area contributed by atoms with Crippen LogP contribution >= 0.6 is 0 Å². The number of hydrogen-bond acceptors (Lipinski definition) is 4. The van der Waals surface area contributed by atoms with Gasteiger partial charge in [-0.25, -0.2) is 9.18 Å². The molecular weight excluding hydrogens is 401 g/mol. The fraction of sp³-hybridized carbons (Fsp3) is 0.304. The first kappa shape index (κ1) is 22.1. The van der Waals surface area contributed by atoms with E-state index in [4.69, 9.17) is 9.47 Å². The van der Waals surface area contributed by atoms with Crippen LogP contribution in [0.2, 0.25) is 0 Å². The smallest absolute Gasteiger partial charge is 0.414 e. The molecule has 0 saturated carbocycles. The zero-order valence-corrected chi connectivity index (χ0v) is 18.0. The first-order chi connectivity index (χ1) is 14.8. The van der Waals surface area contributed by atoms with E-state index in [9.17, 15) is 14.0 Å². The lowest BCUT2D eigenvalue weighted by molar-refractivity contribution is -0.123. The number of benzene rings is 2. The largest absolute Gasteiger partial charge is 0.484 e. The predicted molar refractivity (Wildman–Crippen MR) is 116 cm³/mol. The fourth-order valence-corrected chi connectivity index (χ4v) is 3.30. The second-order valence-corrected chi connectivity index (χ2v) is 7.47. The SMILES string of the molecule is Cc1[nH]c2c(F)ccc(C)c2c1CCNC(=O)COc1cccc(OC(=O)N(C)C)c1. The second kappa shape index (κ2) is 9.51. The number of halogens is 1. The number of amides is 2. The monoisotopic (exact) mass is 427 g/mol. The summed E-state index contributed by atoms with van der Waals surface area (Å²) in [5.74, 6) is 0.175. The molecule has 7 nitrogen and oxygen atoms in total. The number of aryl methyl sites for hydroxylation is 2. The maximum Gasteiger partial charge on any atom is 0.414 e. The molecule has 3 aromatic rings. The first-order valence-electron chi connectivity index (χ1n) is 9.91. The molecule has 0 fully saturated rings. The zero-order valence-electron chi connectivity index (χ0n) is 18.0. The molecule has 0 aliphatic rings. The molecular formula is C23H26FN3O4. The van der Waals surface area contributed by atoms with Crippen molar-refractivity contribution in [3.63, 3.8) is 0 Å². The summed E-state index contributed by atoms with van der Waals surface area (Å²) in [6.07, 6.45) is 0.0651. The summed E-state index contributed by atoms with van der Waals surface area (Å²) in [7, 11) is 3.17. The van der Waals surface area contributed by atoms with Crippen LogP contribution in [0.25, 0.3) is 10.9 Å². The number of carbonyl (C=O) groups excluding carboxylic acids is 2. The molecule has 2 amide bonds. The molecule has 8 heteroatoms. The third kappa shape index (κ3) is 5.33. The van der Waals surface area contributed by atoms with Crippen molar-refractivity contribution < 1.29 is 23.5 Å². The van der Waals surface area contributed by atoms with Gasteiger partial charge in [-0.2, -0.15) is 0 Å². The van der Waals surface area contributed by atoms with Crippen LogP contribution in [0, 0.1) is 19.7 Å². The van der Waals surface area contributed by atoms with Crippen molar-refractivity contribution in [3.8, 4) is 11.5 Å². The van der Waals surface area contributed by atoms with E-state index < -0.39 is 6.09 Å². The predicted octanol–water partition coefficient (Wildman–Crippen LogP) is 3.72. The molecule has 0 unspecified atom stereocenters. The van der Waals surface area contributed by atoms with Crippen LogP contribution in [0.1, 0.15) is 16.8 Å². The lowest BCUT2D eigenvalue weighted by atomic mass is 10.0. The van der Waals surface area contributed by atoms with Crippen molar-refractivity contribution in [1.29, 1.82) is 0 Å². The van der Waals surface area contributed by atoms with Crippen molar-refractivity contribution >= 4 is 22.9 Å². The number of hydrogen-bond donors (Lipinski definition) is 2. The van der Waals surface area contributed by atoms with E-state index >= 15 is 0 Å². The van der Waals surface area contributed by atoms with Gasteiger partial charge in [0.2, 0.25) is 0 Å². The van der Waals surface area contributed by atoms with Gasteiger partial charge in [-0.05, 0) is 49.6 Å². The summed E-state index contributed by atoms with van der Waals surface area (Å²) >= 11 is 0. The molecule has 0 saturated heterocycles. The molecule has 0 bridgehead atoms. The van der Waals surface area contributed by atoms with Crippen LogP contribution in [0.3, 0.4) is 0 Å². The molecule has 3 rings (SSSR count). The van der Waals surface area contributed by atoms with Crippen LogP contribution in [0.5, 0.6) is 11.5 Å². The maximum absolute atomic E-state index is 14.1. The number of aromatic amines is 1. The van der Waals surface area contributed by atoms with Crippen LogP contribution in [0.4, 0.5) is 9.18 Å². The Hall–Kier alpha value is -3.55. The number of H-pyrrole nitrogens is 1. The van der Waals surface area contributed by atoms with Gasteiger partial charge in [0.05, 0.1) is 5.52 Å². The van der Waals surface area contributed by atoms with Gasteiger partial charge in [-0.1, -0.05) is 12.1 Å². The Balaban J connectivity index is 1.53. The Bertz CT molecular complexity index is 1110. The highest BCUT2D eigenvalue weighted by molar-refractivity contribution is 5.88. The highest BCUT2D eigenvalue weighted by Crippen LogP contribution is 2.27. The number of carbonyl (C=O) groups is 2. The molecule has 164 valence electrons. The van der Waals surface area contributed by atoms with Gasteiger partial charge in [-0.15, -0.1) is 0 Å². The van der Waals surface area contributed by atoms with Gasteiger partial charge in [-0.3, -0.25) is 4.79 Å². The van der Waals surface area contributed by atoms with Gasteiger partial charge in [0, 0.05) is 37.8 Å². The third-order valence-electron chi connectivity index (χ3n) is 4.87. The Morgan fingerprint density at radius 3 is 2.61 bits per heavy atom. The normalized spacial score (nSPS) is 10.7. The second-order valence-electron chi connectivity index (χ2n) is 7.47. The highest BCUT2D eigenvalue weighted by Gasteiger charge is 2.14. The van der Waals surface area contributed by atoms with E-state index in [1.54, 1.807) is 44.4 Å². The Kier molecular flexibility index (Phi) is 6.79. The minimum Gasteiger partial charge on any atom is -0.484 e. The van der Waals surface area contributed by atoms with Crippen molar-refractivity contribution in [2.75, 3.05) is 27.2 Å². The average molecular weight is 427 g/mol. The summed E-state index contributed by atoms with van der Waals surface area (Å²) in [4.78, 5) is 28.2. The van der Waals surface area contributed by atoms with Gasteiger partial charge in [0.1, 0.15) is 17.3 Å². The molecule has 0 radical (unpaired) electrons. The molecule has 2 aromatic carbocycles. The van der Waals surface area contributed by atoms with E-state index in [0.717, 1.165) is 22.2 Å². The summed E-state index contributed by atoms with van der Waals surface area (Å²) in [5.41, 5.74) is 3.36. The van der Waals surface area contributed by atoms with Crippen LogP contribution in [-0.2, 0) is 11.2 Å². The fourth-order valence-electron chi connectivity index (χ4n) is 3.30. The number of nitrogens with zero attached hydrogens (tertiary/aromatic N) is 1. The zero-order chi connectivity index (χ0) is 22.5. The maximum atomic E-state index is 14.1. The molecule has 0 aliphatic heterocycles. The minimum absolute atomic E-state index is 0.175. The van der Waals surface area contributed by atoms with Gasteiger partial charge >= 0.3 is 6.09 Å². The number of rotatable bonds is 7. The third-order valence-corrected chi connectivity index (χ3v) is 4.87. The Labute approximate surface area is 180 Å². The molecule has 31 heavy (non-hydrogen) atoms. The van der Waals surface area contributed by atoms with E-state index in [1.165, 1.54) is 11.0 Å². The number of ether oxygens (including phenoxy) is 2.